The van der Waals surface area contributed by atoms with E-state index in [9.17, 15) is 0 Å². The minimum Gasteiger partial charge on any atom is -0.328 e. The Hall–Kier alpha value is -0.675. The monoisotopic (exact) mass is 241 g/mol. The molecule has 2 heteroatoms. The van der Waals surface area contributed by atoms with Crippen molar-refractivity contribution in [1.82, 2.24) is 0 Å². The van der Waals surface area contributed by atoms with Gasteiger partial charge in [-0.3, -0.25) is 0 Å². The third-order valence-corrected chi connectivity index (χ3v) is 5.67. The highest BCUT2D eigenvalue weighted by Gasteiger charge is 2.55. The number of allylic oxidation sites excluding steroid dienone is 1. The van der Waals surface area contributed by atoms with E-state index in [1.54, 1.807) is 0 Å². The van der Waals surface area contributed by atoms with E-state index < -0.39 is 0 Å². The number of nitrogens with two attached hydrogens (primary N) is 1. The van der Waals surface area contributed by atoms with Gasteiger partial charge >= 0.3 is 0 Å². The van der Waals surface area contributed by atoms with E-state index in [-0.39, 0.29) is 5.41 Å². The van der Waals surface area contributed by atoms with Crippen LogP contribution < -0.4 is 5.73 Å². The molecule has 0 spiro atoms. The number of hydrogen-bond acceptors (Lipinski definition) is 1. The van der Waals surface area contributed by atoms with Gasteiger partial charge in [0.25, 0.3) is 0 Å². The zero-order chi connectivity index (χ0) is 12.9. The van der Waals surface area contributed by atoms with Crippen LogP contribution in [0.25, 0.3) is 0 Å². The molecule has 3 aliphatic rings. The van der Waals surface area contributed by atoms with Gasteiger partial charge in [0, 0.05) is 5.41 Å². The first-order valence-electron chi connectivity index (χ1n) is 7.46. The SMILES string of the molecule is C#CC1(C(B2CC(C)C(N)C2)C2CC2)CC(=C)C1. The number of hydrogen-bond donors (Lipinski definition) is 1. The van der Waals surface area contributed by atoms with Crippen LogP contribution >= 0.6 is 0 Å². The average Bonchev–Trinajstić information content (AvgIpc) is 3.05. The lowest BCUT2D eigenvalue weighted by atomic mass is 9.30. The summed E-state index contributed by atoms with van der Waals surface area (Å²) in [5.74, 6) is 5.46. The molecule has 3 atom stereocenters. The zero-order valence-electron chi connectivity index (χ0n) is 11.5. The average molecular weight is 241 g/mol. The van der Waals surface area contributed by atoms with Crippen molar-refractivity contribution in [2.24, 2.45) is 23.0 Å². The van der Waals surface area contributed by atoms with E-state index >= 15 is 0 Å². The first-order valence-corrected chi connectivity index (χ1v) is 7.46. The Labute approximate surface area is 112 Å². The largest absolute Gasteiger partial charge is 0.328 e. The Bertz CT molecular complexity index is 386. The van der Waals surface area contributed by atoms with Crippen molar-refractivity contribution in [1.29, 1.82) is 0 Å². The third kappa shape index (κ3) is 1.84. The zero-order valence-corrected chi connectivity index (χ0v) is 11.5. The predicted octanol–water partition coefficient (Wildman–Crippen LogP) is 3.21. The van der Waals surface area contributed by atoms with Crippen LogP contribution in [-0.2, 0) is 0 Å². The van der Waals surface area contributed by atoms with Gasteiger partial charge in [-0.15, -0.1) is 6.42 Å². The lowest BCUT2D eigenvalue weighted by Gasteiger charge is -2.48. The lowest BCUT2D eigenvalue weighted by Crippen LogP contribution is -2.42. The summed E-state index contributed by atoms with van der Waals surface area (Å²) >= 11 is 0. The van der Waals surface area contributed by atoms with E-state index in [2.05, 4.69) is 19.4 Å². The highest BCUT2D eigenvalue weighted by Crippen LogP contribution is 2.63. The van der Waals surface area contributed by atoms with Gasteiger partial charge in [-0.1, -0.05) is 50.5 Å². The fourth-order valence-electron chi connectivity index (χ4n) is 4.64. The summed E-state index contributed by atoms with van der Waals surface area (Å²) in [6, 6.07) is 0.398. The normalized spacial score (nSPS) is 36.1. The summed E-state index contributed by atoms with van der Waals surface area (Å²) in [6.07, 6.45) is 13.3. The summed E-state index contributed by atoms with van der Waals surface area (Å²) in [4.78, 5) is 0. The first kappa shape index (κ1) is 12.4. The van der Waals surface area contributed by atoms with Gasteiger partial charge in [0.1, 0.15) is 6.71 Å². The molecule has 2 aliphatic carbocycles. The van der Waals surface area contributed by atoms with E-state index in [0.29, 0.717) is 12.0 Å². The Morgan fingerprint density at radius 2 is 2.11 bits per heavy atom. The molecule has 2 N–H and O–H groups in total. The summed E-state index contributed by atoms with van der Waals surface area (Å²) in [7, 11) is 0. The molecule has 0 aromatic rings. The number of terminal acetylenes is 1. The molecule has 2 saturated carbocycles. The molecule has 3 fully saturated rings. The van der Waals surface area contributed by atoms with Crippen molar-refractivity contribution >= 4 is 6.71 Å². The van der Waals surface area contributed by atoms with Gasteiger partial charge in [0.15, 0.2) is 0 Å². The van der Waals surface area contributed by atoms with Gasteiger partial charge in [-0.05, 0) is 36.5 Å². The summed E-state index contributed by atoms with van der Waals surface area (Å²) < 4.78 is 0. The van der Waals surface area contributed by atoms with Crippen LogP contribution in [0.4, 0.5) is 0 Å². The molecule has 1 nitrogen and oxygen atoms in total. The van der Waals surface area contributed by atoms with Crippen molar-refractivity contribution in [3.05, 3.63) is 12.2 Å². The highest BCUT2D eigenvalue weighted by atomic mass is 14.7. The van der Waals surface area contributed by atoms with Gasteiger partial charge in [0.05, 0.1) is 0 Å². The Morgan fingerprint density at radius 3 is 2.50 bits per heavy atom. The van der Waals surface area contributed by atoms with Crippen molar-refractivity contribution in [2.45, 2.75) is 57.1 Å². The van der Waals surface area contributed by atoms with Crippen molar-refractivity contribution in [2.75, 3.05) is 0 Å². The Morgan fingerprint density at radius 1 is 1.44 bits per heavy atom. The molecule has 96 valence electrons. The summed E-state index contributed by atoms with van der Waals surface area (Å²) in [6.45, 7) is 7.17. The Kier molecular flexibility index (Phi) is 2.86. The molecular formula is C16H24BN. The second-order valence-electron chi connectivity index (χ2n) is 7.14. The predicted molar refractivity (Wildman–Crippen MR) is 78.6 cm³/mol. The maximum atomic E-state index is 6.23. The molecule has 3 unspecified atom stereocenters. The summed E-state index contributed by atoms with van der Waals surface area (Å²) in [5, 5.41) is 0. The van der Waals surface area contributed by atoms with Gasteiger partial charge in [-0.2, -0.15) is 0 Å². The maximum Gasteiger partial charge on any atom is 0.147 e. The molecule has 18 heavy (non-hydrogen) atoms. The van der Waals surface area contributed by atoms with Crippen molar-refractivity contribution in [3.63, 3.8) is 0 Å². The van der Waals surface area contributed by atoms with Crippen LogP contribution in [-0.4, -0.2) is 12.8 Å². The topological polar surface area (TPSA) is 26.0 Å². The van der Waals surface area contributed by atoms with Crippen LogP contribution in [0.5, 0.6) is 0 Å². The second kappa shape index (κ2) is 4.17. The van der Waals surface area contributed by atoms with Gasteiger partial charge in [0.2, 0.25) is 0 Å². The molecule has 0 aromatic carbocycles. The molecule has 3 rings (SSSR count). The first-order chi connectivity index (χ1) is 8.55. The molecule has 1 heterocycles. The van der Waals surface area contributed by atoms with Crippen molar-refractivity contribution in [3.8, 4) is 12.3 Å². The van der Waals surface area contributed by atoms with Gasteiger partial charge in [-0.25, -0.2) is 0 Å². The lowest BCUT2D eigenvalue weighted by molar-refractivity contribution is 0.262. The second-order valence-corrected chi connectivity index (χ2v) is 7.14. The van der Waals surface area contributed by atoms with Crippen molar-refractivity contribution < 1.29 is 0 Å². The van der Waals surface area contributed by atoms with Crippen LogP contribution in [0, 0.1) is 29.6 Å². The molecule has 1 saturated heterocycles. The van der Waals surface area contributed by atoms with E-state index in [1.807, 2.05) is 0 Å². The smallest absolute Gasteiger partial charge is 0.147 e. The summed E-state index contributed by atoms with van der Waals surface area (Å²) in [5.41, 5.74) is 7.73. The number of rotatable bonds is 3. The van der Waals surface area contributed by atoms with E-state index in [4.69, 9.17) is 12.2 Å². The quantitative estimate of drug-likeness (QED) is 0.458. The fraction of sp³-hybridized carbons (Fsp3) is 0.750. The third-order valence-electron chi connectivity index (χ3n) is 5.67. The fourth-order valence-corrected chi connectivity index (χ4v) is 4.64. The molecule has 0 amide bonds. The van der Waals surface area contributed by atoms with E-state index in [0.717, 1.165) is 31.3 Å². The van der Waals surface area contributed by atoms with E-state index in [1.165, 1.54) is 31.1 Å². The maximum absolute atomic E-state index is 6.23. The Balaban J connectivity index is 1.81. The van der Waals surface area contributed by atoms with Gasteiger partial charge < -0.3 is 5.73 Å². The standard InChI is InChI=1S/C16H24BN/c1-4-16(7-11(2)8-16)15(13-5-6-13)17-9-12(3)14(18)10-17/h1,12-15H,2,5-10,18H2,3H3. The van der Waals surface area contributed by atoms with Crippen LogP contribution in [0.15, 0.2) is 12.2 Å². The molecule has 0 radical (unpaired) electrons. The van der Waals surface area contributed by atoms with Crippen LogP contribution in [0.1, 0.15) is 32.6 Å². The molecular weight excluding hydrogens is 217 g/mol. The van der Waals surface area contributed by atoms with Crippen LogP contribution in [0.2, 0.25) is 18.5 Å². The minimum absolute atomic E-state index is 0.146. The molecule has 1 aliphatic heterocycles. The molecule has 0 bridgehead atoms. The highest BCUT2D eigenvalue weighted by molar-refractivity contribution is 6.62. The molecule has 0 aromatic heterocycles. The van der Waals surface area contributed by atoms with Crippen LogP contribution in [0.3, 0.4) is 0 Å². The minimum atomic E-state index is 0.146.